The van der Waals surface area contributed by atoms with Crippen LogP contribution in [0.4, 0.5) is 0 Å². The summed E-state index contributed by atoms with van der Waals surface area (Å²) >= 11 is 0. The monoisotopic (exact) mass is 304 g/mol. The second-order valence-corrected chi connectivity index (χ2v) is 9.34. The molecule has 0 radical (unpaired) electrons. The van der Waals surface area contributed by atoms with E-state index in [1.54, 1.807) is 0 Å². The van der Waals surface area contributed by atoms with Crippen LogP contribution in [0.3, 0.4) is 0 Å². The molecule has 5 aliphatic rings. The van der Waals surface area contributed by atoms with Crippen molar-refractivity contribution in [3.8, 4) is 0 Å². The topological polar surface area (TPSA) is 49.8 Å². The number of rotatable bonds is 0. The number of aliphatic hydroxyl groups is 1. The molecule has 1 spiro atoms. The maximum absolute atomic E-state index is 12.4. The number of hydrogen-bond acceptors (Lipinski definition) is 3. The number of carbonyl (C=O) groups is 1. The largest absolute Gasteiger partial charge is 0.393 e. The molecule has 0 unspecified atom stereocenters. The van der Waals surface area contributed by atoms with E-state index in [2.05, 4.69) is 13.8 Å². The number of epoxide rings is 1. The third-order valence-corrected chi connectivity index (χ3v) is 8.77. The molecule has 122 valence electrons. The molecule has 3 nitrogen and oxygen atoms in total. The van der Waals surface area contributed by atoms with Crippen molar-refractivity contribution < 1.29 is 14.6 Å². The summed E-state index contributed by atoms with van der Waals surface area (Å²) < 4.78 is 6.30. The van der Waals surface area contributed by atoms with Gasteiger partial charge in [-0.3, -0.25) is 4.79 Å². The minimum atomic E-state index is -0.170. The van der Waals surface area contributed by atoms with Crippen LogP contribution in [0, 0.1) is 28.6 Å². The summed E-state index contributed by atoms with van der Waals surface area (Å²) in [4.78, 5) is 12.4. The maximum Gasteiger partial charge on any atom is 0.139 e. The fraction of sp³-hybridized carbons (Fsp3) is 0.947. The van der Waals surface area contributed by atoms with Crippen LogP contribution >= 0.6 is 0 Å². The SMILES string of the molecule is C[C@]12CC[C@H]3[C@@H](C[C@@H]4O[C@@]45C[C@@H](O)CC[C@]35C)[C@@H]1CCC2=O. The van der Waals surface area contributed by atoms with Gasteiger partial charge in [0.2, 0.25) is 0 Å². The van der Waals surface area contributed by atoms with Crippen molar-refractivity contribution in [3.05, 3.63) is 0 Å². The van der Waals surface area contributed by atoms with Crippen LogP contribution in [0.1, 0.15) is 65.2 Å². The third kappa shape index (κ3) is 1.40. The Morgan fingerprint density at radius 3 is 2.77 bits per heavy atom. The maximum atomic E-state index is 12.4. The second-order valence-electron chi connectivity index (χ2n) is 9.34. The van der Waals surface area contributed by atoms with Gasteiger partial charge in [0, 0.05) is 23.7 Å². The van der Waals surface area contributed by atoms with Crippen molar-refractivity contribution in [2.45, 2.75) is 83.0 Å². The molecule has 22 heavy (non-hydrogen) atoms. The molecule has 5 rings (SSSR count). The van der Waals surface area contributed by atoms with Gasteiger partial charge in [0.1, 0.15) is 11.4 Å². The highest BCUT2D eigenvalue weighted by molar-refractivity contribution is 5.87. The summed E-state index contributed by atoms with van der Waals surface area (Å²) in [6.45, 7) is 4.68. The Balaban J connectivity index is 1.53. The quantitative estimate of drug-likeness (QED) is 0.700. The smallest absolute Gasteiger partial charge is 0.139 e. The fourth-order valence-electron chi connectivity index (χ4n) is 7.43. The Morgan fingerprint density at radius 1 is 1.14 bits per heavy atom. The van der Waals surface area contributed by atoms with Crippen LogP contribution in [0.5, 0.6) is 0 Å². The van der Waals surface area contributed by atoms with Gasteiger partial charge in [-0.05, 0) is 56.3 Å². The van der Waals surface area contributed by atoms with E-state index in [4.69, 9.17) is 4.74 Å². The predicted molar refractivity (Wildman–Crippen MR) is 82.2 cm³/mol. The van der Waals surface area contributed by atoms with Crippen molar-refractivity contribution >= 4 is 5.78 Å². The molecule has 0 amide bonds. The zero-order chi connectivity index (χ0) is 15.3. The third-order valence-electron chi connectivity index (χ3n) is 8.77. The molecule has 4 aliphatic carbocycles. The molecule has 0 aromatic rings. The van der Waals surface area contributed by atoms with Crippen LogP contribution in [-0.4, -0.2) is 28.7 Å². The number of fused-ring (bicyclic) bond motifs is 4. The van der Waals surface area contributed by atoms with Gasteiger partial charge < -0.3 is 9.84 Å². The van der Waals surface area contributed by atoms with Crippen LogP contribution in [-0.2, 0) is 9.53 Å². The summed E-state index contributed by atoms with van der Waals surface area (Å²) in [6.07, 6.45) is 8.37. The molecule has 0 aromatic heterocycles. The lowest BCUT2D eigenvalue weighted by atomic mass is 9.45. The number of hydrogen-bond donors (Lipinski definition) is 1. The lowest BCUT2D eigenvalue weighted by Gasteiger charge is -2.58. The van der Waals surface area contributed by atoms with Crippen molar-refractivity contribution in [2.24, 2.45) is 28.6 Å². The van der Waals surface area contributed by atoms with Gasteiger partial charge in [-0.25, -0.2) is 0 Å². The normalized spacial score (nSPS) is 62.7. The van der Waals surface area contributed by atoms with Gasteiger partial charge in [0.05, 0.1) is 12.2 Å². The van der Waals surface area contributed by atoms with Gasteiger partial charge in [-0.1, -0.05) is 13.8 Å². The summed E-state index contributed by atoms with van der Waals surface area (Å²) in [5.74, 6) is 2.48. The zero-order valence-electron chi connectivity index (χ0n) is 13.8. The molecular weight excluding hydrogens is 276 g/mol. The van der Waals surface area contributed by atoms with Gasteiger partial charge >= 0.3 is 0 Å². The molecular formula is C19H28O3. The molecule has 8 atom stereocenters. The standard InChI is InChI=1S/C19H28O3/c1-17-7-6-14-12(13(17)3-4-15(17)21)9-16-19(22-16)10-11(20)5-8-18(14,19)2/h11-14,16,20H,3-10H2,1-2H3/t11-,12-,13-,14-,16-,17-,18+,19-/m0/s1. The van der Waals surface area contributed by atoms with Gasteiger partial charge in [-0.2, -0.15) is 0 Å². The van der Waals surface area contributed by atoms with Crippen molar-refractivity contribution in [1.82, 2.24) is 0 Å². The van der Waals surface area contributed by atoms with Crippen LogP contribution < -0.4 is 0 Å². The number of ketones is 1. The molecule has 5 fully saturated rings. The van der Waals surface area contributed by atoms with Gasteiger partial charge in [-0.15, -0.1) is 0 Å². The zero-order valence-corrected chi connectivity index (χ0v) is 13.8. The van der Waals surface area contributed by atoms with E-state index >= 15 is 0 Å². The van der Waals surface area contributed by atoms with Crippen molar-refractivity contribution in [2.75, 3.05) is 0 Å². The Hall–Kier alpha value is -0.410. The van der Waals surface area contributed by atoms with E-state index in [0.29, 0.717) is 29.6 Å². The van der Waals surface area contributed by atoms with E-state index in [1.165, 1.54) is 6.42 Å². The average Bonchev–Trinajstić information content (AvgIpc) is 3.08. The lowest BCUT2D eigenvalue weighted by Crippen LogP contribution is -2.58. The van der Waals surface area contributed by atoms with E-state index in [0.717, 1.165) is 44.9 Å². The molecule has 1 N–H and O–H groups in total. The Morgan fingerprint density at radius 2 is 1.95 bits per heavy atom. The fourth-order valence-corrected chi connectivity index (χ4v) is 7.43. The Kier molecular flexibility index (Phi) is 2.52. The van der Waals surface area contributed by atoms with Crippen LogP contribution in [0.15, 0.2) is 0 Å². The first-order valence-electron chi connectivity index (χ1n) is 9.30. The van der Waals surface area contributed by atoms with Crippen molar-refractivity contribution in [1.29, 1.82) is 0 Å². The summed E-state index contributed by atoms with van der Waals surface area (Å²) in [6, 6.07) is 0. The summed E-state index contributed by atoms with van der Waals surface area (Å²) in [5.41, 5.74) is 0.162. The summed E-state index contributed by atoms with van der Waals surface area (Å²) in [5, 5.41) is 10.2. The Labute approximate surface area is 132 Å². The summed E-state index contributed by atoms with van der Waals surface area (Å²) in [7, 11) is 0. The minimum absolute atomic E-state index is 0.0256. The highest BCUT2D eigenvalue weighted by Crippen LogP contribution is 2.72. The molecule has 0 aromatic carbocycles. The van der Waals surface area contributed by atoms with E-state index in [-0.39, 0.29) is 22.5 Å². The lowest BCUT2D eigenvalue weighted by molar-refractivity contribution is -0.138. The first-order chi connectivity index (χ1) is 10.4. The first-order valence-corrected chi connectivity index (χ1v) is 9.30. The minimum Gasteiger partial charge on any atom is -0.393 e. The molecule has 4 saturated carbocycles. The number of carbonyl (C=O) groups excluding carboxylic acids is 1. The van der Waals surface area contributed by atoms with Crippen molar-refractivity contribution in [3.63, 3.8) is 0 Å². The van der Waals surface area contributed by atoms with E-state index in [1.807, 2.05) is 0 Å². The second kappa shape index (κ2) is 3.97. The van der Waals surface area contributed by atoms with Gasteiger partial charge in [0.25, 0.3) is 0 Å². The highest BCUT2D eigenvalue weighted by atomic mass is 16.6. The average molecular weight is 304 g/mol. The number of Topliss-reactive ketones (excluding diaryl/α,β-unsaturated/α-hetero) is 1. The molecule has 1 heterocycles. The molecule has 3 heteroatoms. The van der Waals surface area contributed by atoms with E-state index in [9.17, 15) is 9.90 Å². The van der Waals surface area contributed by atoms with Gasteiger partial charge in [0.15, 0.2) is 0 Å². The number of aliphatic hydroxyl groups excluding tert-OH is 1. The molecule has 1 aliphatic heterocycles. The highest BCUT2D eigenvalue weighted by Gasteiger charge is 2.76. The first kappa shape index (κ1) is 14.0. The van der Waals surface area contributed by atoms with E-state index < -0.39 is 0 Å². The van der Waals surface area contributed by atoms with Crippen LogP contribution in [0.2, 0.25) is 0 Å². The Bertz CT molecular complexity index is 545. The van der Waals surface area contributed by atoms with Crippen LogP contribution in [0.25, 0.3) is 0 Å². The predicted octanol–water partition coefficient (Wildman–Crippen LogP) is 3.09. The molecule has 1 saturated heterocycles. The molecule has 0 bridgehead atoms. The number of ether oxygens (including phenoxy) is 1.